The van der Waals surface area contributed by atoms with Crippen LogP contribution in [0.5, 0.6) is 5.75 Å². The van der Waals surface area contributed by atoms with E-state index in [2.05, 4.69) is 26.6 Å². The van der Waals surface area contributed by atoms with Crippen LogP contribution in [0.25, 0.3) is 6.08 Å². The van der Waals surface area contributed by atoms with Crippen molar-refractivity contribution in [1.82, 2.24) is 5.32 Å². The Labute approximate surface area is 168 Å². The molecule has 0 aliphatic carbocycles. The van der Waals surface area contributed by atoms with Crippen molar-refractivity contribution >= 4 is 67.8 Å². The zero-order valence-corrected chi connectivity index (χ0v) is 16.5. The van der Waals surface area contributed by atoms with Gasteiger partial charge in [-0.05, 0) is 36.4 Å². The van der Waals surface area contributed by atoms with Gasteiger partial charge in [0.05, 0.1) is 4.91 Å². The van der Waals surface area contributed by atoms with E-state index >= 15 is 0 Å². The van der Waals surface area contributed by atoms with Crippen LogP contribution in [0.2, 0.25) is 0 Å². The lowest BCUT2D eigenvalue weighted by Gasteiger charge is -2.10. The predicted octanol–water partition coefficient (Wildman–Crippen LogP) is 3.96. The molecule has 132 valence electrons. The minimum Gasteiger partial charge on any atom is -0.483 e. The van der Waals surface area contributed by atoms with Crippen LogP contribution in [0.1, 0.15) is 5.56 Å². The molecule has 1 aliphatic rings. The monoisotopic (exact) mass is 448 g/mol. The van der Waals surface area contributed by atoms with Crippen LogP contribution < -0.4 is 15.4 Å². The SMILES string of the molecule is O=C(COc1ccc(Br)cc1C=C1SC(=S)NC1=O)Nc1ccccc1. The summed E-state index contributed by atoms with van der Waals surface area (Å²) in [5.74, 6) is -0.0187. The number of hydrogen-bond donors (Lipinski definition) is 2. The minimum atomic E-state index is -0.271. The highest BCUT2D eigenvalue weighted by atomic mass is 79.9. The Hall–Kier alpha value is -2.16. The van der Waals surface area contributed by atoms with E-state index in [4.69, 9.17) is 17.0 Å². The molecule has 0 aromatic heterocycles. The van der Waals surface area contributed by atoms with Crippen molar-refractivity contribution < 1.29 is 14.3 Å². The average Bonchev–Trinajstić information content (AvgIpc) is 2.92. The topological polar surface area (TPSA) is 67.4 Å². The summed E-state index contributed by atoms with van der Waals surface area (Å²) in [6.45, 7) is -0.148. The van der Waals surface area contributed by atoms with Gasteiger partial charge in [0.15, 0.2) is 6.61 Å². The van der Waals surface area contributed by atoms with Crippen LogP contribution in [0, 0.1) is 0 Å². The molecule has 2 aromatic rings. The van der Waals surface area contributed by atoms with Crippen molar-refractivity contribution in [3.63, 3.8) is 0 Å². The molecule has 0 bridgehead atoms. The number of anilines is 1. The highest BCUT2D eigenvalue weighted by molar-refractivity contribution is 9.10. The number of carbonyl (C=O) groups excluding carboxylic acids is 2. The van der Waals surface area contributed by atoms with Gasteiger partial charge in [0.2, 0.25) is 0 Å². The van der Waals surface area contributed by atoms with Crippen LogP contribution in [0.3, 0.4) is 0 Å². The number of thiocarbonyl (C=S) groups is 1. The molecule has 0 spiro atoms. The molecular weight excluding hydrogens is 436 g/mol. The molecule has 0 saturated carbocycles. The number of benzene rings is 2. The first kappa shape index (κ1) is 18.6. The number of carbonyl (C=O) groups is 2. The highest BCUT2D eigenvalue weighted by Crippen LogP contribution is 2.31. The Bertz CT molecular complexity index is 901. The maximum absolute atomic E-state index is 12.1. The van der Waals surface area contributed by atoms with E-state index < -0.39 is 0 Å². The molecule has 0 radical (unpaired) electrons. The fourth-order valence-electron chi connectivity index (χ4n) is 2.19. The summed E-state index contributed by atoms with van der Waals surface area (Å²) in [6.07, 6.45) is 1.69. The molecule has 2 aromatic carbocycles. The van der Waals surface area contributed by atoms with Crippen molar-refractivity contribution in [3.05, 3.63) is 63.5 Å². The molecule has 1 heterocycles. The second kappa shape index (κ2) is 8.48. The van der Waals surface area contributed by atoms with Crippen molar-refractivity contribution in [2.75, 3.05) is 11.9 Å². The van der Waals surface area contributed by atoms with Gasteiger partial charge in [-0.25, -0.2) is 0 Å². The summed E-state index contributed by atoms with van der Waals surface area (Å²) in [4.78, 5) is 24.4. The molecule has 2 amide bonds. The van der Waals surface area contributed by atoms with E-state index in [1.807, 2.05) is 24.3 Å². The van der Waals surface area contributed by atoms with Crippen LogP contribution >= 0.6 is 39.9 Å². The highest BCUT2D eigenvalue weighted by Gasteiger charge is 2.22. The van der Waals surface area contributed by atoms with Gasteiger partial charge >= 0.3 is 0 Å². The first-order valence-corrected chi connectivity index (χ1v) is 9.55. The van der Waals surface area contributed by atoms with Gasteiger partial charge in [-0.1, -0.05) is 58.1 Å². The van der Waals surface area contributed by atoms with Crippen molar-refractivity contribution in [1.29, 1.82) is 0 Å². The van der Waals surface area contributed by atoms with Gasteiger partial charge in [0.1, 0.15) is 10.1 Å². The Kier molecular flexibility index (Phi) is 6.08. The maximum atomic E-state index is 12.1. The maximum Gasteiger partial charge on any atom is 0.263 e. The van der Waals surface area contributed by atoms with Crippen LogP contribution in [0.15, 0.2) is 57.9 Å². The molecule has 1 saturated heterocycles. The Morgan fingerprint density at radius 1 is 1.27 bits per heavy atom. The van der Waals surface area contributed by atoms with Crippen molar-refractivity contribution in [2.24, 2.45) is 0 Å². The van der Waals surface area contributed by atoms with E-state index in [0.29, 0.717) is 26.2 Å². The van der Waals surface area contributed by atoms with Gasteiger partial charge in [-0.15, -0.1) is 0 Å². The van der Waals surface area contributed by atoms with Crippen LogP contribution in [-0.4, -0.2) is 22.7 Å². The Morgan fingerprint density at radius 3 is 2.73 bits per heavy atom. The van der Waals surface area contributed by atoms with Gasteiger partial charge in [0, 0.05) is 15.7 Å². The van der Waals surface area contributed by atoms with E-state index in [0.717, 1.165) is 4.47 Å². The minimum absolute atomic E-state index is 0.148. The first-order valence-electron chi connectivity index (χ1n) is 7.53. The lowest BCUT2D eigenvalue weighted by Crippen LogP contribution is -2.20. The predicted molar refractivity (Wildman–Crippen MR) is 111 cm³/mol. The first-order chi connectivity index (χ1) is 12.5. The average molecular weight is 449 g/mol. The number of hydrogen-bond acceptors (Lipinski definition) is 5. The summed E-state index contributed by atoms with van der Waals surface area (Å²) < 4.78 is 6.89. The van der Waals surface area contributed by atoms with E-state index in [-0.39, 0.29) is 18.4 Å². The third-order valence-electron chi connectivity index (χ3n) is 3.32. The zero-order chi connectivity index (χ0) is 18.5. The van der Waals surface area contributed by atoms with Gasteiger partial charge in [-0.2, -0.15) is 0 Å². The fourth-order valence-corrected chi connectivity index (χ4v) is 3.60. The van der Waals surface area contributed by atoms with E-state index in [9.17, 15) is 9.59 Å². The molecular formula is C18H13BrN2O3S2. The van der Waals surface area contributed by atoms with Gasteiger partial charge in [0.25, 0.3) is 11.8 Å². The molecule has 3 rings (SSSR count). The standard InChI is InChI=1S/C18H13BrN2O3S2/c19-12-6-7-14(11(8-12)9-15-17(23)21-18(25)26-15)24-10-16(22)20-13-4-2-1-3-5-13/h1-9H,10H2,(H,20,22)(H,21,23,25). The van der Waals surface area contributed by atoms with Crippen LogP contribution in [0.4, 0.5) is 5.69 Å². The van der Waals surface area contributed by atoms with Gasteiger partial charge < -0.3 is 15.4 Å². The molecule has 5 nitrogen and oxygen atoms in total. The second-order valence-electron chi connectivity index (χ2n) is 5.24. The molecule has 2 N–H and O–H groups in total. The molecule has 26 heavy (non-hydrogen) atoms. The normalized spacial score (nSPS) is 15.0. The smallest absolute Gasteiger partial charge is 0.263 e. The number of amides is 2. The third kappa shape index (κ3) is 4.94. The number of nitrogens with one attached hydrogen (secondary N) is 2. The Balaban J connectivity index is 1.72. The lowest BCUT2D eigenvalue weighted by molar-refractivity contribution is -0.118. The quantitative estimate of drug-likeness (QED) is 0.535. The molecule has 1 aliphatic heterocycles. The molecule has 8 heteroatoms. The lowest BCUT2D eigenvalue weighted by atomic mass is 10.2. The molecule has 0 atom stereocenters. The number of thioether (sulfide) groups is 1. The van der Waals surface area contributed by atoms with Crippen molar-refractivity contribution in [3.8, 4) is 5.75 Å². The number of rotatable bonds is 5. The summed E-state index contributed by atoms with van der Waals surface area (Å²) in [5.41, 5.74) is 1.38. The zero-order valence-electron chi connectivity index (χ0n) is 13.3. The summed E-state index contributed by atoms with van der Waals surface area (Å²) in [5, 5.41) is 5.32. The number of para-hydroxylation sites is 1. The van der Waals surface area contributed by atoms with Gasteiger partial charge in [-0.3, -0.25) is 9.59 Å². The van der Waals surface area contributed by atoms with E-state index in [1.165, 1.54) is 11.8 Å². The largest absolute Gasteiger partial charge is 0.483 e. The number of ether oxygens (including phenoxy) is 1. The van der Waals surface area contributed by atoms with E-state index in [1.54, 1.807) is 30.3 Å². The van der Waals surface area contributed by atoms with Crippen molar-refractivity contribution in [2.45, 2.75) is 0 Å². The second-order valence-corrected chi connectivity index (χ2v) is 7.87. The summed E-state index contributed by atoms with van der Waals surface area (Å²) in [6, 6.07) is 14.5. The Morgan fingerprint density at radius 2 is 2.04 bits per heavy atom. The fraction of sp³-hybridized carbons (Fsp3) is 0.0556. The number of halogens is 1. The molecule has 0 unspecified atom stereocenters. The summed E-state index contributed by atoms with van der Waals surface area (Å²) >= 11 is 9.58. The third-order valence-corrected chi connectivity index (χ3v) is 4.97. The summed E-state index contributed by atoms with van der Waals surface area (Å²) in [7, 11) is 0. The van der Waals surface area contributed by atoms with Crippen LogP contribution in [-0.2, 0) is 9.59 Å². The molecule has 1 fully saturated rings.